The molecule has 0 aliphatic carbocycles. The molecule has 0 aliphatic heterocycles. The van der Waals surface area contributed by atoms with Crippen molar-refractivity contribution >= 4 is 11.6 Å². The number of carbonyl (C=O) groups excluding carboxylic acids is 1. The van der Waals surface area contributed by atoms with Gasteiger partial charge in [-0.2, -0.15) is 0 Å². The number of rotatable bonds is 5. The van der Waals surface area contributed by atoms with Crippen LogP contribution in [0.5, 0.6) is 0 Å². The normalized spacial score (nSPS) is 11.8. The molecule has 3 nitrogen and oxygen atoms in total. The van der Waals surface area contributed by atoms with Crippen molar-refractivity contribution in [1.82, 2.24) is 5.32 Å². The number of benzene rings is 2. The van der Waals surface area contributed by atoms with Crippen molar-refractivity contribution < 1.29 is 4.79 Å². The smallest absolute Gasteiger partial charge is 0.220 e. The maximum Gasteiger partial charge on any atom is 0.220 e. The summed E-state index contributed by atoms with van der Waals surface area (Å²) < 4.78 is 0. The van der Waals surface area contributed by atoms with Crippen molar-refractivity contribution in [2.75, 3.05) is 5.73 Å². The van der Waals surface area contributed by atoms with E-state index in [-0.39, 0.29) is 11.9 Å². The van der Waals surface area contributed by atoms with Crippen LogP contribution in [0.2, 0.25) is 0 Å². The van der Waals surface area contributed by atoms with Crippen LogP contribution in [-0.2, 0) is 11.2 Å². The first kappa shape index (κ1) is 14.1. The second-order valence-corrected chi connectivity index (χ2v) is 4.90. The minimum atomic E-state index is -0.0699. The molecule has 3 N–H and O–H groups in total. The Hall–Kier alpha value is -2.29. The molecule has 0 aliphatic rings. The molecule has 2 rings (SSSR count). The molecule has 20 heavy (non-hydrogen) atoms. The second-order valence-electron chi connectivity index (χ2n) is 4.90. The molecule has 0 saturated carbocycles. The van der Waals surface area contributed by atoms with E-state index < -0.39 is 0 Å². The number of para-hydroxylation sites is 1. The topological polar surface area (TPSA) is 55.1 Å². The van der Waals surface area contributed by atoms with Crippen LogP contribution in [0.4, 0.5) is 5.69 Å². The predicted molar refractivity (Wildman–Crippen MR) is 82.2 cm³/mol. The summed E-state index contributed by atoms with van der Waals surface area (Å²) in [7, 11) is 0. The fourth-order valence-corrected chi connectivity index (χ4v) is 2.20. The molecular formula is C17H20N2O. The highest BCUT2D eigenvalue weighted by molar-refractivity contribution is 5.77. The molecule has 0 saturated heterocycles. The van der Waals surface area contributed by atoms with Crippen LogP contribution in [0.3, 0.4) is 0 Å². The van der Waals surface area contributed by atoms with Gasteiger partial charge in [0.25, 0.3) is 0 Å². The van der Waals surface area contributed by atoms with Gasteiger partial charge in [0.1, 0.15) is 0 Å². The van der Waals surface area contributed by atoms with E-state index in [0.717, 1.165) is 12.0 Å². The summed E-state index contributed by atoms with van der Waals surface area (Å²) in [5.74, 6) is 0.0459. The van der Waals surface area contributed by atoms with Gasteiger partial charge in [-0.3, -0.25) is 4.79 Å². The Kier molecular flexibility index (Phi) is 4.77. The number of amides is 1. The van der Waals surface area contributed by atoms with Crippen LogP contribution in [0, 0.1) is 0 Å². The Balaban J connectivity index is 1.87. The van der Waals surface area contributed by atoms with E-state index in [1.165, 1.54) is 5.56 Å². The third-order valence-corrected chi connectivity index (χ3v) is 3.32. The molecule has 3 heteroatoms. The minimum absolute atomic E-state index is 0.0459. The number of nitrogen functional groups attached to an aromatic ring is 1. The quantitative estimate of drug-likeness (QED) is 0.819. The van der Waals surface area contributed by atoms with Gasteiger partial charge in [0.05, 0.1) is 6.04 Å². The zero-order valence-electron chi connectivity index (χ0n) is 11.7. The highest BCUT2D eigenvalue weighted by Crippen LogP contribution is 2.19. The monoisotopic (exact) mass is 268 g/mol. The highest BCUT2D eigenvalue weighted by Gasteiger charge is 2.11. The van der Waals surface area contributed by atoms with Gasteiger partial charge in [0, 0.05) is 12.1 Å². The fourth-order valence-electron chi connectivity index (χ4n) is 2.20. The summed E-state index contributed by atoms with van der Waals surface area (Å²) in [5, 5.41) is 2.99. The molecule has 0 heterocycles. The number of nitrogens with two attached hydrogens (primary N) is 1. The van der Waals surface area contributed by atoms with Crippen LogP contribution < -0.4 is 11.1 Å². The van der Waals surface area contributed by atoms with E-state index >= 15 is 0 Å². The van der Waals surface area contributed by atoms with Gasteiger partial charge >= 0.3 is 0 Å². The molecule has 0 aromatic heterocycles. The Morgan fingerprint density at radius 1 is 1.10 bits per heavy atom. The largest absolute Gasteiger partial charge is 0.398 e. The number of hydrogen-bond acceptors (Lipinski definition) is 2. The van der Waals surface area contributed by atoms with Crippen molar-refractivity contribution in [2.45, 2.75) is 25.8 Å². The number of nitrogens with one attached hydrogen (secondary N) is 1. The molecule has 0 spiro atoms. The zero-order valence-corrected chi connectivity index (χ0v) is 11.7. The van der Waals surface area contributed by atoms with Crippen LogP contribution in [0.25, 0.3) is 0 Å². The first-order valence-corrected chi connectivity index (χ1v) is 6.84. The maximum absolute atomic E-state index is 12.0. The van der Waals surface area contributed by atoms with E-state index in [1.807, 2.05) is 61.5 Å². The number of anilines is 1. The first-order chi connectivity index (χ1) is 9.66. The van der Waals surface area contributed by atoms with Gasteiger partial charge in [0.2, 0.25) is 5.91 Å². The van der Waals surface area contributed by atoms with Crippen LogP contribution in [0.1, 0.15) is 30.5 Å². The highest BCUT2D eigenvalue weighted by atomic mass is 16.1. The van der Waals surface area contributed by atoms with E-state index in [9.17, 15) is 4.79 Å². The summed E-state index contributed by atoms with van der Waals surface area (Å²) in [4.78, 5) is 12.0. The summed E-state index contributed by atoms with van der Waals surface area (Å²) in [6.45, 7) is 1.95. The minimum Gasteiger partial charge on any atom is -0.398 e. The fraction of sp³-hybridized carbons (Fsp3) is 0.235. The van der Waals surface area contributed by atoms with Gasteiger partial charge in [-0.25, -0.2) is 0 Å². The SMILES string of the molecule is CC(NC(=O)CCc1ccccc1)c1ccccc1N. The van der Waals surface area contributed by atoms with Crippen molar-refractivity contribution in [3.05, 3.63) is 65.7 Å². The molecule has 2 aromatic rings. The van der Waals surface area contributed by atoms with Crippen LogP contribution >= 0.6 is 0 Å². The third kappa shape index (κ3) is 3.85. The van der Waals surface area contributed by atoms with Crippen LogP contribution in [0.15, 0.2) is 54.6 Å². The average Bonchev–Trinajstić information content (AvgIpc) is 2.46. The number of hydrogen-bond donors (Lipinski definition) is 2. The summed E-state index contributed by atoms with van der Waals surface area (Å²) in [6.07, 6.45) is 1.24. The lowest BCUT2D eigenvalue weighted by Gasteiger charge is -2.16. The molecule has 1 unspecified atom stereocenters. The molecule has 1 atom stereocenters. The van der Waals surface area contributed by atoms with E-state index in [2.05, 4.69) is 5.32 Å². The molecule has 0 radical (unpaired) electrons. The Bertz CT molecular complexity index is 566. The number of carbonyl (C=O) groups is 1. The molecule has 0 bridgehead atoms. The zero-order chi connectivity index (χ0) is 14.4. The standard InChI is InChI=1S/C17H20N2O/c1-13(15-9-5-6-10-16(15)18)19-17(20)12-11-14-7-3-2-4-8-14/h2-10,13H,11-12,18H2,1H3,(H,19,20). The molecular weight excluding hydrogens is 248 g/mol. The summed E-state index contributed by atoms with van der Waals surface area (Å²) in [6, 6.07) is 17.6. The Morgan fingerprint density at radius 2 is 1.75 bits per heavy atom. The van der Waals surface area contributed by atoms with Gasteiger partial charge in [-0.1, -0.05) is 48.5 Å². The maximum atomic E-state index is 12.0. The van der Waals surface area contributed by atoms with E-state index in [0.29, 0.717) is 12.1 Å². The molecule has 2 aromatic carbocycles. The van der Waals surface area contributed by atoms with Gasteiger partial charge in [-0.05, 0) is 30.5 Å². The Labute approximate surface area is 119 Å². The molecule has 104 valence electrons. The molecule has 1 amide bonds. The third-order valence-electron chi connectivity index (χ3n) is 3.32. The Morgan fingerprint density at radius 3 is 2.45 bits per heavy atom. The first-order valence-electron chi connectivity index (χ1n) is 6.84. The lowest BCUT2D eigenvalue weighted by Crippen LogP contribution is -2.27. The second kappa shape index (κ2) is 6.75. The van der Waals surface area contributed by atoms with Crippen molar-refractivity contribution in [2.24, 2.45) is 0 Å². The number of aryl methyl sites for hydroxylation is 1. The van der Waals surface area contributed by atoms with Gasteiger partial charge < -0.3 is 11.1 Å². The van der Waals surface area contributed by atoms with Gasteiger partial charge in [0.15, 0.2) is 0 Å². The van der Waals surface area contributed by atoms with Crippen molar-refractivity contribution in [1.29, 1.82) is 0 Å². The summed E-state index contributed by atoms with van der Waals surface area (Å²) >= 11 is 0. The van der Waals surface area contributed by atoms with Gasteiger partial charge in [-0.15, -0.1) is 0 Å². The lowest BCUT2D eigenvalue weighted by atomic mass is 10.1. The molecule has 0 fully saturated rings. The predicted octanol–water partition coefficient (Wildman–Crippen LogP) is 3.08. The van der Waals surface area contributed by atoms with Crippen molar-refractivity contribution in [3.63, 3.8) is 0 Å². The van der Waals surface area contributed by atoms with E-state index in [4.69, 9.17) is 5.73 Å². The lowest BCUT2D eigenvalue weighted by molar-refractivity contribution is -0.121. The van der Waals surface area contributed by atoms with Crippen LogP contribution in [-0.4, -0.2) is 5.91 Å². The van der Waals surface area contributed by atoms with E-state index in [1.54, 1.807) is 0 Å². The summed E-state index contributed by atoms with van der Waals surface area (Å²) in [5.41, 5.74) is 8.76. The average molecular weight is 268 g/mol. The van der Waals surface area contributed by atoms with Crippen molar-refractivity contribution in [3.8, 4) is 0 Å².